The van der Waals surface area contributed by atoms with Crippen LogP contribution in [0.5, 0.6) is 0 Å². The van der Waals surface area contributed by atoms with Gasteiger partial charge in [-0.05, 0) is 60.4 Å². The summed E-state index contributed by atoms with van der Waals surface area (Å²) in [7, 11) is 0. The third kappa shape index (κ3) is 3.49. The maximum atomic E-state index is 13.4. The van der Waals surface area contributed by atoms with Crippen LogP contribution in [-0.4, -0.2) is 10.9 Å². The smallest absolute Gasteiger partial charge is 0.248 e. The number of amides is 1. The summed E-state index contributed by atoms with van der Waals surface area (Å²) < 4.78 is 13.4. The van der Waals surface area contributed by atoms with Crippen molar-refractivity contribution in [3.05, 3.63) is 88.9 Å². The van der Waals surface area contributed by atoms with Gasteiger partial charge in [0.1, 0.15) is 5.82 Å². The van der Waals surface area contributed by atoms with Crippen LogP contribution >= 0.6 is 0 Å². The molecular weight excluding hydrogens is 303 g/mol. The minimum absolute atomic E-state index is 0.191. The highest BCUT2D eigenvalue weighted by molar-refractivity contribution is 5.93. The third-order valence-electron chi connectivity index (χ3n) is 3.92. The summed E-state index contributed by atoms with van der Waals surface area (Å²) >= 11 is 0. The number of nitrogens with two attached hydrogens (primary N) is 1. The van der Waals surface area contributed by atoms with E-state index in [-0.39, 0.29) is 5.82 Å². The number of carbonyl (C=O) groups excluding carboxylic acids is 1. The van der Waals surface area contributed by atoms with Crippen LogP contribution in [0.2, 0.25) is 0 Å². The Morgan fingerprint density at radius 3 is 2.42 bits per heavy atom. The number of nitrogens with zero attached hydrogens (tertiary/aromatic N) is 1. The minimum atomic E-state index is -0.449. The van der Waals surface area contributed by atoms with Gasteiger partial charge in [-0.3, -0.25) is 9.78 Å². The van der Waals surface area contributed by atoms with E-state index in [0.717, 1.165) is 22.4 Å². The van der Waals surface area contributed by atoms with Crippen molar-refractivity contribution in [1.29, 1.82) is 0 Å². The van der Waals surface area contributed by atoms with Gasteiger partial charge in [0.15, 0.2) is 0 Å². The summed E-state index contributed by atoms with van der Waals surface area (Å²) in [5.74, 6) is -0.640. The maximum absolute atomic E-state index is 13.4. The molecule has 24 heavy (non-hydrogen) atoms. The lowest BCUT2D eigenvalue weighted by Gasteiger charge is -2.07. The molecule has 0 saturated heterocycles. The fourth-order valence-corrected chi connectivity index (χ4v) is 2.60. The van der Waals surface area contributed by atoms with Crippen molar-refractivity contribution < 1.29 is 9.18 Å². The summed E-state index contributed by atoms with van der Waals surface area (Å²) in [4.78, 5) is 15.5. The standard InChI is InChI=1S/C20H17FN2O/c1-13-10-14(2-7-18(13)21)11-15-8-9-23-19(12-15)16-3-5-17(6-4-16)20(22)24/h2-10,12H,11H2,1H3,(H2,22,24). The Balaban J connectivity index is 1.85. The Hall–Kier alpha value is -3.01. The van der Waals surface area contributed by atoms with Gasteiger partial charge < -0.3 is 5.73 Å². The zero-order chi connectivity index (χ0) is 17.1. The number of pyridine rings is 1. The molecule has 0 atom stereocenters. The SMILES string of the molecule is Cc1cc(Cc2ccnc(-c3ccc(C(N)=O)cc3)c2)ccc1F. The first kappa shape index (κ1) is 15.9. The Morgan fingerprint density at radius 1 is 1.04 bits per heavy atom. The second-order valence-corrected chi connectivity index (χ2v) is 5.75. The van der Waals surface area contributed by atoms with E-state index in [1.165, 1.54) is 6.07 Å². The molecule has 0 radical (unpaired) electrons. The van der Waals surface area contributed by atoms with E-state index in [1.54, 1.807) is 31.3 Å². The van der Waals surface area contributed by atoms with E-state index >= 15 is 0 Å². The summed E-state index contributed by atoms with van der Waals surface area (Å²) in [6.07, 6.45) is 2.46. The molecule has 1 aromatic heterocycles. The van der Waals surface area contributed by atoms with Gasteiger partial charge in [-0.2, -0.15) is 0 Å². The zero-order valence-corrected chi connectivity index (χ0v) is 13.3. The van der Waals surface area contributed by atoms with Gasteiger partial charge in [0, 0.05) is 17.3 Å². The second-order valence-electron chi connectivity index (χ2n) is 5.75. The van der Waals surface area contributed by atoms with Crippen LogP contribution in [0.25, 0.3) is 11.3 Å². The number of hydrogen-bond acceptors (Lipinski definition) is 2. The van der Waals surface area contributed by atoms with Crippen molar-refractivity contribution >= 4 is 5.91 Å². The van der Waals surface area contributed by atoms with E-state index in [1.807, 2.05) is 30.3 Å². The Bertz CT molecular complexity index is 888. The van der Waals surface area contributed by atoms with Gasteiger partial charge >= 0.3 is 0 Å². The number of aromatic nitrogens is 1. The molecule has 0 unspecified atom stereocenters. The van der Waals surface area contributed by atoms with Crippen molar-refractivity contribution in [2.45, 2.75) is 13.3 Å². The fourth-order valence-electron chi connectivity index (χ4n) is 2.60. The highest BCUT2D eigenvalue weighted by Gasteiger charge is 2.05. The molecule has 0 aliphatic carbocycles. The van der Waals surface area contributed by atoms with Gasteiger partial charge in [-0.15, -0.1) is 0 Å². The largest absolute Gasteiger partial charge is 0.366 e. The summed E-state index contributed by atoms with van der Waals surface area (Å²) in [5, 5.41) is 0. The highest BCUT2D eigenvalue weighted by atomic mass is 19.1. The number of halogens is 1. The minimum Gasteiger partial charge on any atom is -0.366 e. The van der Waals surface area contributed by atoms with E-state index in [0.29, 0.717) is 17.5 Å². The van der Waals surface area contributed by atoms with E-state index < -0.39 is 5.91 Å². The normalized spacial score (nSPS) is 10.6. The van der Waals surface area contributed by atoms with Crippen molar-refractivity contribution in [2.75, 3.05) is 0 Å². The number of primary amides is 1. The predicted octanol–water partition coefficient (Wildman–Crippen LogP) is 3.89. The van der Waals surface area contributed by atoms with Gasteiger partial charge in [0.25, 0.3) is 0 Å². The van der Waals surface area contributed by atoms with Crippen LogP contribution < -0.4 is 5.73 Å². The summed E-state index contributed by atoms with van der Waals surface area (Å²) in [6.45, 7) is 1.76. The van der Waals surface area contributed by atoms with Crippen LogP contribution in [0.1, 0.15) is 27.0 Å². The quantitative estimate of drug-likeness (QED) is 0.793. The average molecular weight is 320 g/mol. The Morgan fingerprint density at radius 2 is 1.75 bits per heavy atom. The topological polar surface area (TPSA) is 56.0 Å². The molecule has 2 aromatic carbocycles. The highest BCUT2D eigenvalue weighted by Crippen LogP contribution is 2.20. The van der Waals surface area contributed by atoms with Crippen molar-refractivity contribution in [3.63, 3.8) is 0 Å². The number of rotatable bonds is 4. The predicted molar refractivity (Wildman–Crippen MR) is 92.1 cm³/mol. The molecule has 2 N–H and O–H groups in total. The van der Waals surface area contributed by atoms with Crippen LogP contribution in [-0.2, 0) is 6.42 Å². The van der Waals surface area contributed by atoms with Crippen LogP contribution in [0.15, 0.2) is 60.8 Å². The summed E-state index contributed by atoms with van der Waals surface area (Å²) in [6, 6.07) is 16.1. The number of carbonyl (C=O) groups is 1. The lowest BCUT2D eigenvalue weighted by atomic mass is 10.0. The van der Waals surface area contributed by atoms with Gasteiger partial charge in [-0.25, -0.2) is 4.39 Å². The van der Waals surface area contributed by atoms with E-state index in [4.69, 9.17) is 5.73 Å². The molecule has 0 aliphatic rings. The molecule has 3 rings (SSSR count). The molecule has 0 fully saturated rings. The lowest BCUT2D eigenvalue weighted by Crippen LogP contribution is -2.10. The first-order chi connectivity index (χ1) is 11.5. The molecule has 120 valence electrons. The average Bonchev–Trinajstić information content (AvgIpc) is 2.58. The maximum Gasteiger partial charge on any atom is 0.248 e. The molecule has 1 amide bonds. The second kappa shape index (κ2) is 6.62. The van der Waals surface area contributed by atoms with E-state index in [2.05, 4.69) is 4.98 Å². The molecule has 0 spiro atoms. The van der Waals surface area contributed by atoms with Crippen molar-refractivity contribution in [2.24, 2.45) is 5.73 Å². The number of aryl methyl sites for hydroxylation is 1. The van der Waals surface area contributed by atoms with Crippen LogP contribution in [0.3, 0.4) is 0 Å². The molecule has 1 heterocycles. The van der Waals surface area contributed by atoms with Crippen LogP contribution in [0, 0.1) is 12.7 Å². The first-order valence-corrected chi connectivity index (χ1v) is 7.63. The van der Waals surface area contributed by atoms with E-state index in [9.17, 15) is 9.18 Å². The fraction of sp³-hybridized carbons (Fsp3) is 0.100. The van der Waals surface area contributed by atoms with Gasteiger partial charge in [-0.1, -0.05) is 24.3 Å². The zero-order valence-electron chi connectivity index (χ0n) is 13.3. The molecule has 4 heteroatoms. The molecule has 3 aromatic rings. The summed E-state index contributed by atoms with van der Waals surface area (Å²) in [5.41, 5.74) is 10.2. The van der Waals surface area contributed by atoms with Gasteiger partial charge in [0.05, 0.1) is 5.69 Å². The number of benzene rings is 2. The van der Waals surface area contributed by atoms with Crippen molar-refractivity contribution in [3.8, 4) is 11.3 Å². The van der Waals surface area contributed by atoms with Crippen LogP contribution in [0.4, 0.5) is 4.39 Å². The Kier molecular flexibility index (Phi) is 4.38. The number of hydrogen-bond donors (Lipinski definition) is 1. The lowest BCUT2D eigenvalue weighted by molar-refractivity contribution is 0.100. The molecule has 0 saturated carbocycles. The first-order valence-electron chi connectivity index (χ1n) is 7.63. The monoisotopic (exact) mass is 320 g/mol. The molecule has 3 nitrogen and oxygen atoms in total. The molecule has 0 bridgehead atoms. The van der Waals surface area contributed by atoms with Gasteiger partial charge in [0.2, 0.25) is 5.91 Å². The molecular formula is C20H17FN2O. The molecule has 0 aliphatic heterocycles. The third-order valence-corrected chi connectivity index (χ3v) is 3.92. The van der Waals surface area contributed by atoms with Crippen molar-refractivity contribution in [1.82, 2.24) is 4.98 Å². The Labute approximate surface area is 140 Å².